The van der Waals surface area contributed by atoms with Gasteiger partial charge in [-0.05, 0) is 47.9 Å². The molecule has 184 valence electrons. The van der Waals surface area contributed by atoms with Crippen LogP contribution in [0.15, 0.2) is 78.9 Å². The van der Waals surface area contributed by atoms with Crippen molar-refractivity contribution < 1.29 is 18.7 Å². The fourth-order valence-corrected chi connectivity index (χ4v) is 3.81. The normalized spacial score (nSPS) is 11.5. The quantitative estimate of drug-likeness (QED) is 0.341. The van der Waals surface area contributed by atoms with E-state index in [2.05, 4.69) is 5.32 Å². The Morgan fingerprint density at radius 1 is 1.00 bits per heavy atom. The van der Waals surface area contributed by atoms with Crippen molar-refractivity contribution in [3.8, 4) is 5.75 Å². The summed E-state index contributed by atoms with van der Waals surface area (Å²) in [6.45, 7) is 2.44. The van der Waals surface area contributed by atoms with E-state index in [1.807, 2.05) is 37.3 Å². The van der Waals surface area contributed by atoms with E-state index >= 15 is 0 Å². The molecule has 0 heterocycles. The highest BCUT2D eigenvalue weighted by atomic mass is 35.5. The highest BCUT2D eigenvalue weighted by molar-refractivity contribution is 6.30. The van der Waals surface area contributed by atoms with Gasteiger partial charge in [0.1, 0.15) is 17.6 Å². The molecule has 0 saturated heterocycles. The summed E-state index contributed by atoms with van der Waals surface area (Å²) in [5, 5.41) is 3.46. The van der Waals surface area contributed by atoms with Crippen LogP contribution in [-0.4, -0.2) is 35.9 Å². The Morgan fingerprint density at radius 2 is 1.74 bits per heavy atom. The average Bonchev–Trinajstić information content (AvgIpc) is 2.86. The Morgan fingerprint density at radius 3 is 2.43 bits per heavy atom. The lowest BCUT2D eigenvalue weighted by atomic mass is 10.0. The minimum Gasteiger partial charge on any atom is -0.484 e. The molecule has 0 aliphatic heterocycles. The lowest BCUT2D eigenvalue weighted by molar-refractivity contribution is -0.142. The standard InChI is InChI=1S/C28H30ClFN2O3/c1-2-3-16-31-28(34)26(17-21-8-5-4-6-9-21)32(19-22-12-14-24(30)15-13-22)27(33)20-35-25-11-7-10-23(29)18-25/h4-15,18,26H,2-3,16-17,19-20H2,1H3,(H,31,34). The Bertz CT molecular complexity index is 1090. The number of rotatable bonds is 12. The maximum absolute atomic E-state index is 13.5. The zero-order chi connectivity index (χ0) is 25.0. The molecule has 0 aromatic heterocycles. The van der Waals surface area contributed by atoms with Gasteiger partial charge in [0.2, 0.25) is 5.91 Å². The number of unbranched alkanes of at least 4 members (excludes halogenated alkanes) is 1. The van der Waals surface area contributed by atoms with Crippen molar-refractivity contribution in [3.63, 3.8) is 0 Å². The molecule has 0 fully saturated rings. The molecule has 35 heavy (non-hydrogen) atoms. The number of nitrogens with one attached hydrogen (secondary N) is 1. The minimum atomic E-state index is -0.769. The molecular formula is C28H30ClFN2O3. The molecule has 7 heteroatoms. The molecule has 3 rings (SSSR count). The van der Waals surface area contributed by atoms with Gasteiger partial charge in [-0.25, -0.2) is 4.39 Å². The molecule has 1 atom stereocenters. The van der Waals surface area contributed by atoms with Gasteiger partial charge in [-0.15, -0.1) is 0 Å². The van der Waals surface area contributed by atoms with Crippen LogP contribution in [0, 0.1) is 5.82 Å². The number of hydrogen-bond donors (Lipinski definition) is 1. The van der Waals surface area contributed by atoms with Gasteiger partial charge in [-0.3, -0.25) is 9.59 Å². The molecule has 1 N–H and O–H groups in total. The van der Waals surface area contributed by atoms with E-state index in [4.69, 9.17) is 16.3 Å². The summed E-state index contributed by atoms with van der Waals surface area (Å²) in [5.41, 5.74) is 1.64. The van der Waals surface area contributed by atoms with Crippen LogP contribution in [0.3, 0.4) is 0 Å². The van der Waals surface area contributed by atoms with Crippen LogP contribution in [0.4, 0.5) is 4.39 Å². The van der Waals surface area contributed by atoms with E-state index in [0.717, 1.165) is 18.4 Å². The van der Waals surface area contributed by atoms with Gasteiger partial charge in [0.25, 0.3) is 5.91 Å². The predicted molar refractivity (Wildman–Crippen MR) is 136 cm³/mol. The van der Waals surface area contributed by atoms with Gasteiger partial charge in [-0.1, -0.05) is 73.5 Å². The number of nitrogens with zero attached hydrogens (tertiary/aromatic N) is 1. The number of ether oxygens (including phenoxy) is 1. The van der Waals surface area contributed by atoms with Crippen molar-refractivity contribution in [1.82, 2.24) is 10.2 Å². The van der Waals surface area contributed by atoms with Gasteiger partial charge in [0.15, 0.2) is 6.61 Å². The van der Waals surface area contributed by atoms with Gasteiger partial charge >= 0.3 is 0 Å². The molecule has 2 amide bonds. The van der Waals surface area contributed by atoms with Crippen molar-refractivity contribution in [3.05, 3.63) is 101 Å². The summed E-state index contributed by atoms with van der Waals surface area (Å²) in [4.78, 5) is 28.3. The maximum atomic E-state index is 13.5. The smallest absolute Gasteiger partial charge is 0.261 e. The summed E-state index contributed by atoms with van der Waals surface area (Å²) < 4.78 is 19.2. The number of halogens is 2. The zero-order valence-corrected chi connectivity index (χ0v) is 20.5. The van der Waals surface area contributed by atoms with Crippen LogP contribution in [0.1, 0.15) is 30.9 Å². The van der Waals surface area contributed by atoms with Crippen LogP contribution in [-0.2, 0) is 22.6 Å². The first-order valence-corrected chi connectivity index (χ1v) is 12.1. The van der Waals surface area contributed by atoms with E-state index < -0.39 is 6.04 Å². The number of amides is 2. The molecule has 0 radical (unpaired) electrons. The molecule has 3 aromatic carbocycles. The molecule has 1 unspecified atom stereocenters. The van der Waals surface area contributed by atoms with Crippen LogP contribution in [0.25, 0.3) is 0 Å². The molecule has 0 bridgehead atoms. The number of hydrogen-bond acceptors (Lipinski definition) is 3. The molecular weight excluding hydrogens is 467 g/mol. The third-order valence-electron chi connectivity index (χ3n) is 5.53. The summed E-state index contributed by atoms with van der Waals surface area (Å²) in [5.74, 6) is -0.505. The zero-order valence-electron chi connectivity index (χ0n) is 19.8. The number of carbonyl (C=O) groups excluding carboxylic acids is 2. The summed E-state index contributed by atoms with van der Waals surface area (Å²) in [7, 11) is 0. The summed E-state index contributed by atoms with van der Waals surface area (Å²) in [6, 6.07) is 21.5. The second-order valence-corrected chi connectivity index (χ2v) is 8.68. The van der Waals surface area contributed by atoms with Crippen LogP contribution >= 0.6 is 11.6 Å². The number of benzene rings is 3. The second-order valence-electron chi connectivity index (χ2n) is 8.24. The third-order valence-corrected chi connectivity index (χ3v) is 5.76. The Labute approximate surface area is 210 Å². The fourth-order valence-electron chi connectivity index (χ4n) is 3.63. The summed E-state index contributed by atoms with van der Waals surface area (Å²) >= 11 is 6.03. The minimum absolute atomic E-state index is 0.136. The van der Waals surface area contributed by atoms with Crippen molar-refractivity contribution in [2.24, 2.45) is 0 Å². The van der Waals surface area contributed by atoms with Gasteiger partial charge in [0.05, 0.1) is 0 Å². The molecule has 5 nitrogen and oxygen atoms in total. The lowest BCUT2D eigenvalue weighted by Crippen LogP contribution is -2.51. The SMILES string of the molecule is CCCCNC(=O)C(Cc1ccccc1)N(Cc1ccc(F)cc1)C(=O)COc1cccc(Cl)c1. The molecule has 0 saturated carbocycles. The Hall–Kier alpha value is -3.38. The van der Waals surface area contributed by atoms with Gasteiger partial charge in [-0.2, -0.15) is 0 Å². The van der Waals surface area contributed by atoms with Crippen LogP contribution < -0.4 is 10.1 Å². The highest BCUT2D eigenvalue weighted by Gasteiger charge is 2.30. The van der Waals surface area contributed by atoms with Gasteiger partial charge in [0, 0.05) is 24.5 Å². The summed E-state index contributed by atoms with van der Waals surface area (Å²) in [6.07, 6.45) is 2.12. The maximum Gasteiger partial charge on any atom is 0.261 e. The van der Waals surface area contributed by atoms with Crippen molar-refractivity contribution in [2.75, 3.05) is 13.2 Å². The van der Waals surface area contributed by atoms with Crippen LogP contribution in [0.5, 0.6) is 5.75 Å². The topological polar surface area (TPSA) is 58.6 Å². The van der Waals surface area contributed by atoms with Gasteiger partial charge < -0.3 is 15.0 Å². The van der Waals surface area contributed by atoms with E-state index in [1.165, 1.54) is 17.0 Å². The van der Waals surface area contributed by atoms with E-state index in [1.54, 1.807) is 36.4 Å². The van der Waals surface area contributed by atoms with Crippen LogP contribution in [0.2, 0.25) is 5.02 Å². The first-order valence-electron chi connectivity index (χ1n) is 11.7. The Balaban J connectivity index is 1.87. The largest absolute Gasteiger partial charge is 0.484 e. The van der Waals surface area contributed by atoms with E-state index in [0.29, 0.717) is 29.3 Å². The first kappa shape index (κ1) is 26.2. The Kier molecular flexibility index (Phi) is 10.1. The second kappa shape index (κ2) is 13.5. The molecule has 3 aromatic rings. The molecule has 0 aliphatic carbocycles. The van der Waals surface area contributed by atoms with Crippen molar-refractivity contribution in [1.29, 1.82) is 0 Å². The highest BCUT2D eigenvalue weighted by Crippen LogP contribution is 2.19. The van der Waals surface area contributed by atoms with Crippen molar-refractivity contribution >= 4 is 23.4 Å². The molecule has 0 aliphatic rings. The first-order chi connectivity index (χ1) is 17.0. The third kappa shape index (κ3) is 8.41. The van der Waals surface area contributed by atoms with E-state index in [-0.39, 0.29) is 30.8 Å². The number of carbonyl (C=O) groups is 2. The molecule has 0 spiro atoms. The fraction of sp³-hybridized carbons (Fsp3) is 0.286. The van der Waals surface area contributed by atoms with E-state index in [9.17, 15) is 14.0 Å². The van der Waals surface area contributed by atoms with Crippen molar-refractivity contribution in [2.45, 2.75) is 38.8 Å². The average molecular weight is 497 g/mol. The monoisotopic (exact) mass is 496 g/mol. The lowest BCUT2D eigenvalue weighted by Gasteiger charge is -2.31. The predicted octanol–water partition coefficient (Wildman–Crippen LogP) is 5.41.